The second-order valence-electron chi connectivity index (χ2n) is 23.6. The number of benzene rings is 14. The third-order valence-corrected chi connectivity index (χ3v) is 17.6. The Morgan fingerprint density at radius 2 is 0.561 bits per heavy atom. The highest BCUT2D eigenvalue weighted by molar-refractivity contribution is 6.62. The van der Waals surface area contributed by atoms with E-state index in [9.17, 15) is 10.0 Å². The molecule has 0 aliphatic heterocycles. The summed E-state index contributed by atoms with van der Waals surface area (Å²) in [7, 11) is -1.55. The Morgan fingerprint density at radius 1 is 0.255 bits per heavy atom. The third kappa shape index (κ3) is 12.2. The molecule has 18 rings (SSSR count). The fourth-order valence-corrected chi connectivity index (χ4v) is 12.9. The van der Waals surface area contributed by atoms with Gasteiger partial charge in [0.25, 0.3) is 0 Å². The molecule has 464 valence electrons. The van der Waals surface area contributed by atoms with E-state index in [1.165, 1.54) is 10.8 Å². The standard InChI is InChI=1S/C43H27N3O.C27H18ClN3.C16H11BO3/c1-3-13-28(14-4-1)41-44-42(29-15-5-2-6-16-29)46-43(45-41)34-21-12-19-31(26-34)30-18-11-20-32(25-30)37-27-33-17-7-8-22-35(33)39-36-23-9-10-24-38(36)47-40(37)39;28-24-16-8-14-22(18-24)21-13-7-15-23(17-21)27-30-25(19-9-3-1-4-10-19)29-26(31-27)20-11-5-2-6-12-20;18-17(19)13-9-10-5-1-2-6-11(10)15-12-7-3-4-8-14(12)20-16(13)15/h1-27H;1-18H;1-9,18-19H. The lowest BCUT2D eigenvalue weighted by molar-refractivity contribution is 0.425. The minimum Gasteiger partial charge on any atom is -0.456 e. The molecule has 0 atom stereocenters. The van der Waals surface area contributed by atoms with Gasteiger partial charge < -0.3 is 18.9 Å². The maximum Gasteiger partial charge on any atom is 0.492 e. The molecule has 14 aromatic carbocycles. The summed E-state index contributed by atoms with van der Waals surface area (Å²) in [6.07, 6.45) is 0. The van der Waals surface area contributed by atoms with Gasteiger partial charge in [0.2, 0.25) is 0 Å². The smallest absolute Gasteiger partial charge is 0.456 e. The summed E-state index contributed by atoms with van der Waals surface area (Å²) >= 11 is 6.20. The van der Waals surface area contributed by atoms with Crippen molar-refractivity contribution >= 4 is 89.6 Å². The molecule has 98 heavy (non-hydrogen) atoms. The van der Waals surface area contributed by atoms with Crippen LogP contribution in [0.2, 0.25) is 5.02 Å². The lowest BCUT2D eigenvalue weighted by Gasteiger charge is -2.11. The lowest BCUT2D eigenvalue weighted by Crippen LogP contribution is -2.30. The first-order valence-electron chi connectivity index (χ1n) is 32.1. The van der Waals surface area contributed by atoms with Crippen molar-refractivity contribution < 1.29 is 18.9 Å². The zero-order valence-corrected chi connectivity index (χ0v) is 53.3. The molecule has 0 radical (unpaired) electrons. The molecule has 0 amide bonds. The Kier molecular flexibility index (Phi) is 16.5. The summed E-state index contributed by atoms with van der Waals surface area (Å²) in [5, 5.41) is 28.5. The van der Waals surface area contributed by atoms with Crippen molar-refractivity contribution in [2.24, 2.45) is 0 Å². The number of halogens is 1. The number of hydrogen-bond donors (Lipinski definition) is 2. The largest absolute Gasteiger partial charge is 0.492 e. The number of hydrogen-bond acceptors (Lipinski definition) is 10. The van der Waals surface area contributed by atoms with Crippen LogP contribution in [-0.2, 0) is 0 Å². The van der Waals surface area contributed by atoms with Gasteiger partial charge in [0, 0.05) is 71.0 Å². The van der Waals surface area contributed by atoms with Gasteiger partial charge in [0.15, 0.2) is 34.9 Å². The van der Waals surface area contributed by atoms with E-state index < -0.39 is 7.12 Å². The first-order valence-corrected chi connectivity index (χ1v) is 32.5. The third-order valence-electron chi connectivity index (χ3n) is 17.4. The van der Waals surface area contributed by atoms with Crippen molar-refractivity contribution in [2.75, 3.05) is 0 Å². The van der Waals surface area contributed by atoms with Crippen LogP contribution in [0.5, 0.6) is 0 Å². The maximum atomic E-state index is 9.60. The second kappa shape index (κ2) is 26.7. The van der Waals surface area contributed by atoms with E-state index in [0.717, 1.165) is 116 Å². The highest BCUT2D eigenvalue weighted by atomic mass is 35.5. The van der Waals surface area contributed by atoms with Gasteiger partial charge in [0.1, 0.15) is 22.3 Å². The summed E-state index contributed by atoms with van der Waals surface area (Å²) in [5.74, 6) is 3.86. The molecule has 0 unspecified atom stereocenters. The molecule has 0 aliphatic rings. The highest BCUT2D eigenvalue weighted by Crippen LogP contribution is 2.42. The Bertz CT molecular complexity index is 5840. The minimum atomic E-state index is -1.55. The van der Waals surface area contributed by atoms with Crippen LogP contribution in [-0.4, -0.2) is 47.1 Å². The Morgan fingerprint density at radius 3 is 0.990 bits per heavy atom. The number of nitrogens with zero attached hydrogens (tertiary/aromatic N) is 6. The molecule has 0 fully saturated rings. The van der Waals surface area contributed by atoms with Crippen LogP contribution in [0.1, 0.15) is 0 Å². The summed E-state index contributed by atoms with van der Waals surface area (Å²) in [6.45, 7) is 0. The Balaban J connectivity index is 0.000000126. The van der Waals surface area contributed by atoms with Crippen LogP contribution in [0.4, 0.5) is 0 Å². The van der Waals surface area contributed by atoms with E-state index in [0.29, 0.717) is 51.0 Å². The topological polar surface area (TPSA) is 144 Å². The van der Waals surface area contributed by atoms with E-state index in [4.69, 9.17) is 50.3 Å². The van der Waals surface area contributed by atoms with Gasteiger partial charge in [-0.2, -0.15) is 0 Å². The monoisotopic (exact) mass is 1280 g/mol. The molecular formula is C86H56BClN6O4. The molecule has 10 nitrogen and oxygen atoms in total. The number of aromatic nitrogens is 6. The number of para-hydroxylation sites is 2. The molecule has 4 heterocycles. The van der Waals surface area contributed by atoms with Crippen molar-refractivity contribution in [3.8, 4) is 102 Å². The molecule has 12 heteroatoms. The van der Waals surface area contributed by atoms with Gasteiger partial charge in [-0.15, -0.1) is 0 Å². The Labute approximate surface area is 569 Å². The first-order chi connectivity index (χ1) is 48.3. The average molecular weight is 1280 g/mol. The molecule has 4 aromatic heterocycles. The molecule has 18 aromatic rings. The van der Waals surface area contributed by atoms with Crippen molar-refractivity contribution in [1.82, 2.24) is 29.9 Å². The highest BCUT2D eigenvalue weighted by Gasteiger charge is 2.23. The van der Waals surface area contributed by atoms with Crippen LogP contribution < -0.4 is 5.46 Å². The molecule has 2 N–H and O–H groups in total. The van der Waals surface area contributed by atoms with Gasteiger partial charge in [-0.25, -0.2) is 29.9 Å². The van der Waals surface area contributed by atoms with Crippen molar-refractivity contribution in [3.63, 3.8) is 0 Å². The predicted molar refractivity (Wildman–Crippen MR) is 399 cm³/mol. The summed E-state index contributed by atoms with van der Waals surface area (Å²) < 4.78 is 12.4. The molecule has 0 spiro atoms. The van der Waals surface area contributed by atoms with E-state index in [-0.39, 0.29) is 0 Å². The van der Waals surface area contributed by atoms with Gasteiger partial charge in [-0.1, -0.05) is 291 Å². The van der Waals surface area contributed by atoms with Gasteiger partial charge in [0.05, 0.1) is 0 Å². The number of furan rings is 2. The van der Waals surface area contributed by atoms with E-state index in [1.54, 1.807) is 6.07 Å². The first kappa shape index (κ1) is 60.4. The van der Waals surface area contributed by atoms with Crippen molar-refractivity contribution in [1.29, 1.82) is 0 Å². The zero-order valence-electron chi connectivity index (χ0n) is 52.5. The van der Waals surface area contributed by atoms with E-state index >= 15 is 0 Å². The fourth-order valence-electron chi connectivity index (χ4n) is 12.7. The van der Waals surface area contributed by atoms with Crippen LogP contribution in [0.3, 0.4) is 0 Å². The van der Waals surface area contributed by atoms with Crippen molar-refractivity contribution in [2.45, 2.75) is 0 Å². The van der Waals surface area contributed by atoms with E-state index in [1.807, 2.05) is 218 Å². The fraction of sp³-hybridized carbons (Fsp3) is 0. The predicted octanol–water partition coefficient (Wildman–Crippen LogP) is 20.9. The van der Waals surface area contributed by atoms with Crippen LogP contribution in [0.25, 0.3) is 167 Å². The minimum absolute atomic E-state index is 0.398. The maximum absolute atomic E-state index is 9.60. The molecule has 0 saturated carbocycles. The van der Waals surface area contributed by atoms with Crippen LogP contribution >= 0.6 is 11.6 Å². The summed E-state index contributed by atoms with van der Waals surface area (Å²) in [6, 6.07) is 110. The van der Waals surface area contributed by atoms with Gasteiger partial charge in [-0.3, -0.25) is 0 Å². The normalized spacial score (nSPS) is 11.2. The van der Waals surface area contributed by atoms with Crippen LogP contribution in [0.15, 0.2) is 336 Å². The average Bonchev–Trinajstić information content (AvgIpc) is 1.60. The second-order valence-corrected chi connectivity index (χ2v) is 24.1. The molecule has 0 saturated heterocycles. The number of rotatable bonds is 10. The lowest BCUT2D eigenvalue weighted by atomic mass is 9.78. The summed E-state index contributed by atoms with van der Waals surface area (Å²) in [5.41, 5.74) is 15.6. The SMILES string of the molecule is Clc1cccc(-c2cccc(-c3nc(-c4ccccc4)nc(-c4ccccc4)n3)c2)c1.OB(O)c1cc2ccccc2c2c1oc1ccccc12.c1ccc(-c2nc(-c3ccccc3)nc(-c3cccc(-c4cccc(-c5cc6ccccc6c6c5oc5ccccc56)c4)c3)n2)cc1. The summed E-state index contributed by atoms with van der Waals surface area (Å²) in [4.78, 5) is 29.1. The number of fused-ring (bicyclic) bond motifs is 10. The van der Waals surface area contributed by atoms with Gasteiger partial charge >= 0.3 is 7.12 Å². The van der Waals surface area contributed by atoms with E-state index in [2.05, 4.69) is 103 Å². The zero-order chi connectivity index (χ0) is 65.9. The Hall–Kier alpha value is -12.5. The van der Waals surface area contributed by atoms with Gasteiger partial charge in [-0.05, 0) is 97.9 Å². The molecule has 0 aliphatic carbocycles. The van der Waals surface area contributed by atoms with Crippen molar-refractivity contribution in [3.05, 3.63) is 333 Å². The molecule has 0 bridgehead atoms. The van der Waals surface area contributed by atoms with Crippen LogP contribution in [0, 0.1) is 0 Å². The molecular weight excluding hydrogens is 1230 g/mol. The quantitative estimate of drug-likeness (QED) is 0.127.